The molecule has 1 saturated heterocycles. The van der Waals surface area contributed by atoms with Gasteiger partial charge in [-0.15, -0.1) is 0 Å². The number of anilines is 2. The number of likely N-dealkylation sites (tertiary alicyclic amines) is 1. The van der Waals surface area contributed by atoms with E-state index in [1.807, 2.05) is 54.3 Å². The third kappa shape index (κ3) is 6.42. The van der Waals surface area contributed by atoms with E-state index in [1.54, 1.807) is 19.3 Å². The fourth-order valence-electron chi connectivity index (χ4n) is 4.08. The van der Waals surface area contributed by atoms with Gasteiger partial charge in [-0.1, -0.05) is 12.1 Å². The number of carbonyl (C=O) groups is 2. The van der Waals surface area contributed by atoms with Crippen LogP contribution in [-0.2, 0) is 11.8 Å². The molecule has 0 radical (unpaired) electrons. The molecule has 10 nitrogen and oxygen atoms in total. The second-order valence-corrected chi connectivity index (χ2v) is 9.03. The molecular formula is C27H25F3N6O4. The molecule has 0 aliphatic carbocycles. The minimum absolute atomic E-state index is 0.0485. The summed E-state index contributed by atoms with van der Waals surface area (Å²) in [5, 5.41) is 10.9. The molecule has 1 amide bonds. The molecule has 3 heterocycles. The fraction of sp³-hybridized carbons (Fsp3) is 0.259. The van der Waals surface area contributed by atoms with Crippen LogP contribution in [0.15, 0.2) is 59.5 Å². The van der Waals surface area contributed by atoms with Crippen LogP contribution in [0, 0.1) is 6.92 Å². The number of carboxylic acid groups (broad SMARTS) is 1. The highest BCUT2D eigenvalue weighted by Gasteiger charge is 2.38. The second-order valence-electron chi connectivity index (χ2n) is 9.03. The molecule has 208 valence electrons. The van der Waals surface area contributed by atoms with Crippen LogP contribution in [-0.4, -0.2) is 60.7 Å². The lowest BCUT2D eigenvalue weighted by Gasteiger charge is -2.16. The normalized spacial score (nSPS) is 13.1. The molecule has 2 aromatic carbocycles. The van der Waals surface area contributed by atoms with Crippen molar-refractivity contribution in [3.8, 4) is 11.3 Å². The van der Waals surface area contributed by atoms with Gasteiger partial charge in [-0.25, -0.2) is 19.7 Å². The van der Waals surface area contributed by atoms with Crippen LogP contribution < -0.4 is 10.9 Å². The third-order valence-corrected chi connectivity index (χ3v) is 6.25. The SMILES string of the molecule is Cc1nc2ccc(-c3ccnc(Nc4cccc(C(=O)N5CCCC5)c4)n3)cc2c(=O)n1C.O=C(O)C(F)(F)F. The van der Waals surface area contributed by atoms with Crippen molar-refractivity contribution in [2.45, 2.75) is 25.9 Å². The van der Waals surface area contributed by atoms with Gasteiger partial charge in [-0.05, 0) is 56.2 Å². The quantitative estimate of drug-likeness (QED) is 0.382. The lowest BCUT2D eigenvalue weighted by molar-refractivity contribution is -0.192. The third-order valence-electron chi connectivity index (χ3n) is 6.25. The Hall–Kier alpha value is -4.81. The maximum absolute atomic E-state index is 12.7. The van der Waals surface area contributed by atoms with E-state index in [4.69, 9.17) is 9.90 Å². The van der Waals surface area contributed by atoms with Crippen LogP contribution >= 0.6 is 0 Å². The zero-order valence-electron chi connectivity index (χ0n) is 21.6. The number of aliphatic carboxylic acids is 1. The summed E-state index contributed by atoms with van der Waals surface area (Å²) in [6, 6.07) is 14.7. The number of halogens is 3. The first-order valence-electron chi connectivity index (χ1n) is 12.2. The molecule has 1 aliphatic rings. The van der Waals surface area contributed by atoms with E-state index in [0.29, 0.717) is 33.9 Å². The number of aromatic nitrogens is 4. The van der Waals surface area contributed by atoms with Crippen LogP contribution in [0.1, 0.15) is 29.0 Å². The Bertz CT molecular complexity index is 1630. The maximum atomic E-state index is 12.7. The number of fused-ring (bicyclic) bond motifs is 1. The Kier molecular flexibility index (Phi) is 8.12. The van der Waals surface area contributed by atoms with Gasteiger partial charge in [0.25, 0.3) is 11.5 Å². The molecule has 0 saturated carbocycles. The number of hydrogen-bond donors (Lipinski definition) is 2. The molecule has 13 heteroatoms. The molecule has 1 fully saturated rings. The number of alkyl halides is 3. The Balaban J connectivity index is 0.000000470. The average molecular weight is 555 g/mol. The molecule has 0 bridgehead atoms. The summed E-state index contributed by atoms with van der Waals surface area (Å²) in [5.74, 6) is -1.63. The number of nitrogens with zero attached hydrogens (tertiary/aromatic N) is 5. The molecule has 5 rings (SSSR count). The minimum atomic E-state index is -5.08. The minimum Gasteiger partial charge on any atom is -0.475 e. The zero-order valence-corrected chi connectivity index (χ0v) is 21.6. The summed E-state index contributed by atoms with van der Waals surface area (Å²) in [4.78, 5) is 49.6. The largest absolute Gasteiger partial charge is 0.490 e. The van der Waals surface area contributed by atoms with Gasteiger partial charge >= 0.3 is 12.1 Å². The summed E-state index contributed by atoms with van der Waals surface area (Å²) in [6.45, 7) is 3.43. The molecule has 2 N–H and O–H groups in total. The van der Waals surface area contributed by atoms with Crippen LogP contribution in [0.5, 0.6) is 0 Å². The van der Waals surface area contributed by atoms with Crippen molar-refractivity contribution in [3.63, 3.8) is 0 Å². The molecule has 40 heavy (non-hydrogen) atoms. The number of nitrogens with one attached hydrogen (secondary N) is 1. The monoisotopic (exact) mass is 554 g/mol. The van der Waals surface area contributed by atoms with Gasteiger partial charge in [0, 0.05) is 43.1 Å². The van der Waals surface area contributed by atoms with E-state index in [1.165, 1.54) is 4.57 Å². The van der Waals surface area contributed by atoms with Crippen molar-refractivity contribution in [3.05, 3.63) is 76.5 Å². The summed E-state index contributed by atoms with van der Waals surface area (Å²) in [7, 11) is 1.71. The summed E-state index contributed by atoms with van der Waals surface area (Å²) < 4.78 is 33.3. The molecular weight excluding hydrogens is 529 g/mol. The van der Waals surface area contributed by atoms with Gasteiger partial charge < -0.3 is 15.3 Å². The van der Waals surface area contributed by atoms with Gasteiger partial charge in [0.2, 0.25) is 5.95 Å². The molecule has 0 spiro atoms. The van der Waals surface area contributed by atoms with E-state index < -0.39 is 12.1 Å². The van der Waals surface area contributed by atoms with E-state index in [9.17, 15) is 22.8 Å². The lowest BCUT2D eigenvalue weighted by Crippen LogP contribution is -2.27. The number of aryl methyl sites for hydroxylation is 1. The molecule has 1 aliphatic heterocycles. The van der Waals surface area contributed by atoms with Gasteiger partial charge in [-0.3, -0.25) is 14.2 Å². The second kappa shape index (κ2) is 11.5. The Morgan fingerprint density at radius 1 is 1.02 bits per heavy atom. The number of carboxylic acids is 1. The number of amides is 1. The van der Waals surface area contributed by atoms with Crippen molar-refractivity contribution >= 4 is 34.4 Å². The topological polar surface area (TPSA) is 130 Å². The predicted octanol–water partition coefficient (Wildman–Crippen LogP) is 4.31. The van der Waals surface area contributed by atoms with Gasteiger partial charge in [-0.2, -0.15) is 13.2 Å². The lowest BCUT2D eigenvalue weighted by atomic mass is 10.1. The summed E-state index contributed by atoms with van der Waals surface area (Å²) in [5.41, 5.74) is 3.43. The van der Waals surface area contributed by atoms with E-state index in [-0.39, 0.29) is 11.5 Å². The number of hydrogen-bond acceptors (Lipinski definition) is 7. The predicted molar refractivity (Wildman–Crippen MR) is 141 cm³/mol. The smallest absolute Gasteiger partial charge is 0.475 e. The van der Waals surface area contributed by atoms with Gasteiger partial charge in [0.15, 0.2) is 0 Å². The van der Waals surface area contributed by atoms with E-state index in [2.05, 4.69) is 20.3 Å². The van der Waals surface area contributed by atoms with Crippen molar-refractivity contribution in [1.82, 2.24) is 24.4 Å². The van der Waals surface area contributed by atoms with Gasteiger partial charge in [0.05, 0.1) is 16.6 Å². The number of rotatable bonds is 4. The standard InChI is InChI=1S/C25H24N6O2.C2HF3O2/c1-16-27-22-9-8-17(15-20(22)24(33)30(16)2)21-10-11-26-25(29-21)28-19-7-5-6-18(14-19)23(32)31-12-3-4-13-31;3-2(4,5)1(6)7/h5-11,14-15H,3-4,12-13H2,1-2H3,(H,26,28,29);(H,6,7). The Morgan fingerprint density at radius 2 is 1.73 bits per heavy atom. The summed E-state index contributed by atoms with van der Waals surface area (Å²) >= 11 is 0. The first kappa shape index (κ1) is 28.2. The first-order chi connectivity index (χ1) is 18.9. The van der Waals surface area contributed by atoms with Crippen molar-refractivity contribution in [2.75, 3.05) is 18.4 Å². The molecule has 2 aromatic heterocycles. The fourth-order valence-corrected chi connectivity index (χ4v) is 4.08. The summed E-state index contributed by atoms with van der Waals surface area (Å²) in [6.07, 6.45) is -1.30. The molecule has 0 unspecified atom stereocenters. The van der Waals surface area contributed by atoms with Gasteiger partial charge in [0.1, 0.15) is 5.82 Å². The van der Waals surface area contributed by atoms with Crippen molar-refractivity contribution in [1.29, 1.82) is 0 Å². The van der Waals surface area contributed by atoms with Crippen molar-refractivity contribution in [2.24, 2.45) is 7.05 Å². The highest BCUT2D eigenvalue weighted by Crippen LogP contribution is 2.23. The zero-order chi connectivity index (χ0) is 29.0. The van der Waals surface area contributed by atoms with E-state index >= 15 is 0 Å². The van der Waals surface area contributed by atoms with Crippen LogP contribution in [0.25, 0.3) is 22.2 Å². The molecule has 0 atom stereocenters. The average Bonchev–Trinajstić information content (AvgIpc) is 3.47. The highest BCUT2D eigenvalue weighted by molar-refractivity contribution is 5.95. The van der Waals surface area contributed by atoms with Crippen LogP contribution in [0.3, 0.4) is 0 Å². The number of benzene rings is 2. The number of carbonyl (C=O) groups excluding carboxylic acids is 1. The molecule has 4 aromatic rings. The van der Waals surface area contributed by atoms with Crippen molar-refractivity contribution < 1.29 is 27.9 Å². The Morgan fingerprint density at radius 3 is 2.40 bits per heavy atom. The Labute approximate surface area is 226 Å². The maximum Gasteiger partial charge on any atom is 0.490 e. The first-order valence-corrected chi connectivity index (χ1v) is 12.2. The van der Waals surface area contributed by atoms with E-state index in [0.717, 1.165) is 37.2 Å². The van der Waals surface area contributed by atoms with Crippen LogP contribution in [0.4, 0.5) is 24.8 Å². The highest BCUT2D eigenvalue weighted by atomic mass is 19.4. The van der Waals surface area contributed by atoms with Crippen LogP contribution in [0.2, 0.25) is 0 Å².